The Hall–Kier alpha value is -0.970. The van der Waals surface area contributed by atoms with Crippen LogP contribution < -0.4 is 5.32 Å². The van der Waals surface area contributed by atoms with E-state index < -0.39 is 0 Å². The summed E-state index contributed by atoms with van der Waals surface area (Å²) in [5, 5.41) is 3.44. The molecule has 0 amide bonds. The third-order valence-corrected chi connectivity index (χ3v) is 3.17. The minimum atomic E-state index is 0.364. The van der Waals surface area contributed by atoms with E-state index in [0.29, 0.717) is 6.10 Å². The molecule has 1 atom stereocenters. The second-order valence-electron chi connectivity index (χ2n) is 4.83. The van der Waals surface area contributed by atoms with E-state index in [2.05, 4.69) is 28.2 Å². The molecule has 0 radical (unpaired) electrons. The first kappa shape index (κ1) is 13.5. The van der Waals surface area contributed by atoms with Crippen LogP contribution in [0.4, 0.5) is 0 Å². The number of nitrogens with one attached hydrogen (secondary N) is 1. The maximum absolute atomic E-state index is 5.64. The van der Waals surface area contributed by atoms with Gasteiger partial charge < -0.3 is 10.1 Å². The second-order valence-corrected chi connectivity index (χ2v) is 4.83. The van der Waals surface area contributed by atoms with Gasteiger partial charge in [-0.15, -0.1) is 0 Å². The smallest absolute Gasteiger partial charge is 0.0673 e. The normalized spacial score (nSPS) is 21.7. The molecule has 18 heavy (non-hydrogen) atoms. The van der Waals surface area contributed by atoms with Crippen LogP contribution in [0.1, 0.15) is 19.0 Å². The van der Waals surface area contributed by atoms with E-state index in [-0.39, 0.29) is 0 Å². The molecule has 0 aliphatic carbocycles. The lowest BCUT2D eigenvalue weighted by atomic mass is 10.3. The first-order valence-electron chi connectivity index (χ1n) is 6.79. The van der Waals surface area contributed by atoms with Crippen LogP contribution in [0.15, 0.2) is 24.4 Å². The van der Waals surface area contributed by atoms with E-state index in [1.54, 1.807) is 0 Å². The number of hydrogen-bond acceptors (Lipinski definition) is 4. The summed E-state index contributed by atoms with van der Waals surface area (Å²) in [5.41, 5.74) is 1.10. The second kappa shape index (κ2) is 7.46. The van der Waals surface area contributed by atoms with Gasteiger partial charge in [0.1, 0.15) is 0 Å². The summed E-state index contributed by atoms with van der Waals surface area (Å²) < 4.78 is 5.64. The maximum Gasteiger partial charge on any atom is 0.0673 e. The van der Waals surface area contributed by atoms with Crippen LogP contribution in [-0.2, 0) is 11.3 Å². The van der Waals surface area contributed by atoms with E-state index in [4.69, 9.17) is 4.74 Å². The summed E-state index contributed by atoms with van der Waals surface area (Å²) in [5.74, 6) is 0. The van der Waals surface area contributed by atoms with Crippen LogP contribution in [0, 0.1) is 0 Å². The monoisotopic (exact) mass is 249 g/mol. The molecule has 1 unspecified atom stereocenters. The Bertz CT molecular complexity index is 331. The predicted molar refractivity (Wildman–Crippen MR) is 72.4 cm³/mol. The van der Waals surface area contributed by atoms with Crippen molar-refractivity contribution < 1.29 is 4.74 Å². The standard InChI is InChI=1S/C14H23N3O/c1-13-12-17(8-4-10-18-13)9-7-15-11-14-5-2-3-6-16-14/h2-3,5-6,13,15H,4,7-12H2,1H3. The molecular weight excluding hydrogens is 226 g/mol. The largest absolute Gasteiger partial charge is 0.377 e. The first-order valence-corrected chi connectivity index (χ1v) is 6.79. The van der Waals surface area contributed by atoms with Crippen molar-refractivity contribution in [2.24, 2.45) is 0 Å². The van der Waals surface area contributed by atoms with Gasteiger partial charge in [0.05, 0.1) is 11.8 Å². The number of ether oxygens (including phenoxy) is 1. The maximum atomic E-state index is 5.64. The Kier molecular flexibility index (Phi) is 5.58. The fourth-order valence-corrected chi connectivity index (χ4v) is 2.24. The van der Waals surface area contributed by atoms with Gasteiger partial charge in [0, 0.05) is 45.5 Å². The van der Waals surface area contributed by atoms with E-state index in [9.17, 15) is 0 Å². The van der Waals surface area contributed by atoms with Gasteiger partial charge in [-0.1, -0.05) is 6.07 Å². The lowest BCUT2D eigenvalue weighted by Gasteiger charge is -2.21. The lowest BCUT2D eigenvalue weighted by Crippen LogP contribution is -2.36. The number of pyridine rings is 1. The summed E-state index contributed by atoms with van der Waals surface area (Å²) in [6.45, 7) is 8.18. The number of nitrogens with zero attached hydrogens (tertiary/aromatic N) is 2. The van der Waals surface area contributed by atoms with Gasteiger partial charge in [0.25, 0.3) is 0 Å². The predicted octanol–water partition coefficient (Wildman–Crippen LogP) is 1.28. The van der Waals surface area contributed by atoms with Gasteiger partial charge in [0.2, 0.25) is 0 Å². The Morgan fingerprint density at radius 2 is 2.44 bits per heavy atom. The highest BCUT2D eigenvalue weighted by atomic mass is 16.5. The highest BCUT2D eigenvalue weighted by molar-refractivity contribution is 5.02. The quantitative estimate of drug-likeness (QED) is 0.798. The lowest BCUT2D eigenvalue weighted by molar-refractivity contribution is 0.0679. The van der Waals surface area contributed by atoms with Crippen molar-refractivity contribution in [2.75, 3.05) is 32.8 Å². The number of rotatable bonds is 5. The summed E-state index contributed by atoms with van der Waals surface area (Å²) in [6.07, 6.45) is 3.35. The van der Waals surface area contributed by atoms with Crippen LogP contribution >= 0.6 is 0 Å². The molecule has 0 aromatic carbocycles. The first-order chi connectivity index (χ1) is 8.84. The topological polar surface area (TPSA) is 37.4 Å². The summed E-state index contributed by atoms with van der Waals surface area (Å²) in [7, 11) is 0. The van der Waals surface area contributed by atoms with Crippen molar-refractivity contribution in [2.45, 2.75) is 26.0 Å². The number of aromatic nitrogens is 1. The highest BCUT2D eigenvalue weighted by Crippen LogP contribution is 2.04. The molecule has 0 bridgehead atoms. The molecule has 1 aliphatic heterocycles. The highest BCUT2D eigenvalue weighted by Gasteiger charge is 2.13. The van der Waals surface area contributed by atoms with Gasteiger partial charge in [-0.05, 0) is 25.5 Å². The van der Waals surface area contributed by atoms with E-state index in [1.165, 1.54) is 0 Å². The Morgan fingerprint density at radius 3 is 3.28 bits per heavy atom. The minimum absolute atomic E-state index is 0.364. The average Bonchev–Trinajstić information content (AvgIpc) is 2.60. The summed E-state index contributed by atoms with van der Waals surface area (Å²) in [4.78, 5) is 6.77. The van der Waals surface area contributed by atoms with E-state index in [0.717, 1.165) is 51.4 Å². The van der Waals surface area contributed by atoms with Crippen LogP contribution in [0.3, 0.4) is 0 Å². The minimum Gasteiger partial charge on any atom is -0.377 e. The zero-order valence-corrected chi connectivity index (χ0v) is 11.1. The molecule has 1 aliphatic rings. The molecule has 4 nitrogen and oxygen atoms in total. The third-order valence-electron chi connectivity index (χ3n) is 3.17. The van der Waals surface area contributed by atoms with Gasteiger partial charge in [0.15, 0.2) is 0 Å². The summed E-state index contributed by atoms with van der Waals surface area (Å²) >= 11 is 0. The van der Waals surface area contributed by atoms with Gasteiger partial charge >= 0.3 is 0 Å². The van der Waals surface area contributed by atoms with Crippen molar-refractivity contribution in [3.63, 3.8) is 0 Å². The fourth-order valence-electron chi connectivity index (χ4n) is 2.24. The molecule has 1 saturated heterocycles. The van der Waals surface area contributed by atoms with Crippen LogP contribution in [0.2, 0.25) is 0 Å². The van der Waals surface area contributed by atoms with Crippen LogP contribution in [0.25, 0.3) is 0 Å². The van der Waals surface area contributed by atoms with Crippen molar-refractivity contribution in [1.82, 2.24) is 15.2 Å². The van der Waals surface area contributed by atoms with E-state index in [1.807, 2.05) is 18.3 Å². The van der Waals surface area contributed by atoms with Gasteiger partial charge in [-0.3, -0.25) is 9.88 Å². The molecule has 1 N–H and O–H groups in total. The molecule has 1 aromatic heterocycles. The molecule has 1 aromatic rings. The SMILES string of the molecule is CC1CN(CCNCc2ccccn2)CCCO1. The van der Waals surface area contributed by atoms with Crippen molar-refractivity contribution in [1.29, 1.82) is 0 Å². The molecule has 2 heterocycles. The summed E-state index contributed by atoms with van der Waals surface area (Å²) in [6, 6.07) is 6.02. The molecular formula is C14H23N3O. The van der Waals surface area contributed by atoms with Crippen molar-refractivity contribution >= 4 is 0 Å². The molecule has 1 fully saturated rings. The Morgan fingerprint density at radius 1 is 1.50 bits per heavy atom. The van der Waals surface area contributed by atoms with E-state index >= 15 is 0 Å². The average molecular weight is 249 g/mol. The molecule has 2 rings (SSSR count). The number of hydrogen-bond donors (Lipinski definition) is 1. The van der Waals surface area contributed by atoms with Gasteiger partial charge in [-0.25, -0.2) is 0 Å². The van der Waals surface area contributed by atoms with Crippen molar-refractivity contribution in [3.05, 3.63) is 30.1 Å². The molecule has 100 valence electrons. The molecule has 4 heteroatoms. The Balaban J connectivity index is 1.63. The molecule has 0 spiro atoms. The third kappa shape index (κ3) is 4.72. The zero-order chi connectivity index (χ0) is 12.6. The zero-order valence-electron chi connectivity index (χ0n) is 11.1. The van der Waals surface area contributed by atoms with Gasteiger partial charge in [-0.2, -0.15) is 0 Å². The molecule has 0 saturated carbocycles. The van der Waals surface area contributed by atoms with Crippen LogP contribution in [-0.4, -0.2) is 48.8 Å². The van der Waals surface area contributed by atoms with Crippen LogP contribution in [0.5, 0.6) is 0 Å². The Labute approximate surface area is 109 Å². The van der Waals surface area contributed by atoms with Crippen molar-refractivity contribution in [3.8, 4) is 0 Å². The fraction of sp³-hybridized carbons (Fsp3) is 0.643.